The number of ether oxygens (including phenoxy) is 2. The lowest BCUT2D eigenvalue weighted by Gasteiger charge is -2.38. The predicted octanol–water partition coefficient (Wildman–Crippen LogP) is 2.88. The summed E-state index contributed by atoms with van der Waals surface area (Å²) >= 11 is 0. The Balaban J connectivity index is 1.84. The molecule has 0 saturated carbocycles. The lowest BCUT2D eigenvalue weighted by atomic mass is 9.89. The number of nitrogens with one attached hydrogen (secondary N) is 1. The van der Waals surface area contributed by atoms with Crippen LogP contribution in [0.3, 0.4) is 0 Å². The molecule has 142 valence electrons. The molecule has 1 aliphatic heterocycles. The molecule has 0 unspecified atom stereocenters. The van der Waals surface area contributed by atoms with Crippen molar-refractivity contribution < 1.29 is 23.9 Å². The summed E-state index contributed by atoms with van der Waals surface area (Å²) in [5.41, 5.74) is -0.749. The number of likely N-dealkylation sites (tertiary alicyclic amines) is 1. The molecule has 0 bridgehead atoms. The van der Waals surface area contributed by atoms with Crippen LogP contribution >= 0.6 is 0 Å². The molecule has 0 aromatic heterocycles. The number of hydrogen-bond donors (Lipinski definition) is 1. The predicted molar refractivity (Wildman–Crippen MR) is 95.6 cm³/mol. The fourth-order valence-corrected chi connectivity index (χ4v) is 2.68. The Morgan fingerprint density at radius 3 is 2.35 bits per heavy atom. The minimum atomic E-state index is -1.02. The third kappa shape index (κ3) is 5.75. The van der Waals surface area contributed by atoms with E-state index in [1.807, 2.05) is 30.3 Å². The molecule has 0 spiro atoms. The molecule has 0 aliphatic carbocycles. The van der Waals surface area contributed by atoms with E-state index in [0.29, 0.717) is 25.9 Å². The normalized spacial score (nSPS) is 16.5. The highest BCUT2D eigenvalue weighted by Crippen LogP contribution is 2.22. The zero-order valence-electron chi connectivity index (χ0n) is 15.5. The molecule has 26 heavy (non-hydrogen) atoms. The first-order chi connectivity index (χ1) is 12.2. The van der Waals surface area contributed by atoms with Gasteiger partial charge in [-0.2, -0.15) is 0 Å². The number of carbonyl (C=O) groups excluding carboxylic acids is 3. The van der Waals surface area contributed by atoms with Crippen LogP contribution in [0.4, 0.5) is 9.59 Å². The van der Waals surface area contributed by atoms with Crippen molar-refractivity contribution in [3.8, 4) is 0 Å². The Kier molecular flexibility index (Phi) is 6.23. The Morgan fingerprint density at radius 2 is 1.81 bits per heavy atom. The number of amides is 2. The second kappa shape index (κ2) is 8.21. The van der Waals surface area contributed by atoms with Crippen molar-refractivity contribution in [1.82, 2.24) is 10.2 Å². The molecule has 2 amide bonds. The number of hydrogen-bond acceptors (Lipinski definition) is 5. The van der Waals surface area contributed by atoms with E-state index >= 15 is 0 Å². The molecule has 7 heteroatoms. The van der Waals surface area contributed by atoms with E-state index in [1.54, 1.807) is 25.7 Å². The van der Waals surface area contributed by atoms with E-state index in [9.17, 15) is 14.4 Å². The van der Waals surface area contributed by atoms with Gasteiger partial charge in [-0.1, -0.05) is 30.3 Å². The summed E-state index contributed by atoms with van der Waals surface area (Å²) in [6, 6.07) is 9.42. The maximum atomic E-state index is 12.2. The number of benzene rings is 1. The highest BCUT2D eigenvalue weighted by Gasteiger charge is 2.38. The van der Waals surface area contributed by atoms with Gasteiger partial charge in [-0.3, -0.25) is 0 Å². The summed E-state index contributed by atoms with van der Waals surface area (Å²) in [7, 11) is 0. The number of rotatable bonds is 4. The Morgan fingerprint density at radius 1 is 1.19 bits per heavy atom. The topological polar surface area (TPSA) is 84.9 Å². The molecule has 1 aliphatic rings. The summed E-state index contributed by atoms with van der Waals surface area (Å²) in [6.45, 7) is 6.11. The Hall–Kier alpha value is -2.57. The molecule has 7 nitrogen and oxygen atoms in total. The molecule has 1 heterocycles. The van der Waals surface area contributed by atoms with Crippen LogP contribution in [-0.2, 0) is 20.9 Å². The van der Waals surface area contributed by atoms with Crippen LogP contribution in [-0.4, -0.2) is 47.6 Å². The first-order valence-corrected chi connectivity index (χ1v) is 8.66. The van der Waals surface area contributed by atoms with Crippen LogP contribution in [0, 0.1) is 0 Å². The van der Waals surface area contributed by atoms with Crippen molar-refractivity contribution in [1.29, 1.82) is 0 Å². The number of alkyl carbamates (subject to hydrolysis) is 1. The van der Waals surface area contributed by atoms with E-state index in [0.717, 1.165) is 11.8 Å². The van der Waals surface area contributed by atoms with Crippen molar-refractivity contribution in [3.05, 3.63) is 35.9 Å². The molecular weight excluding hydrogens is 336 g/mol. The summed E-state index contributed by atoms with van der Waals surface area (Å²) in [4.78, 5) is 37.3. The molecule has 1 N–H and O–H groups in total. The summed E-state index contributed by atoms with van der Waals surface area (Å²) in [5, 5.41) is 2.65. The fraction of sp³-hybridized carbons (Fsp3) is 0.526. The van der Waals surface area contributed by atoms with Gasteiger partial charge in [0.25, 0.3) is 0 Å². The third-order valence-electron chi connectivity index (χ3n) is 4.09. The van der Waals surface area contributed by atoms with Gasteiger partial charge < -0.3 is 24.5 Å². The first-order valence-electron chi connectivity index (χ1n) is 8.66. The van der Waals surface area contributed by atoms with Crippen molar-refractivity contribution in [2.75, 3.05) is 13.1 Å². The van der Waals surface area contributed by atoms with E-state index in [1.165, 1.54) is 0 Å². The van der Waals surface area contributed by atoms with Crippen LogP contribution < -0.4 is 5.32 Å². The largest absolute Gasteiger partial charge is 0.445 e. The van der Waals surface area contributed by atoms with Crippen molar-refractivity contribution >= 4 is 18.5 Å². The van der Waals surface area contributed by atoms with Gasteiger partial charge in [0.15, 0.2) is 0 Å². The van der Waals surface area contributed by atoms with Crippen LogP contribution in [0.2, 0.25) is 0 Å². The molecule has 2 rings (SSSR count). The molecule has 1 aromatic carbocycles. The maximum Gasteiger partial charge on any atom is 0.410 e. The smallest absolute Gasteiger partial charge is 0.410 e. The Bertz CT molecular complexity index is 631. The molecule has 0 atom stereocenters. The molecule has 1 saturated heterocycles. The van der Waals surface area contributed by atoms with Crippen LogP contribution in [0.15, 0.2) is 30.3 Å². The molecule has 0 radical (unpaired) electrons. The minimum Gasteiger partial charge on any atom is -0.445 e. The summed E-state index contributed by atoms with van der Waals surface area (Å²) < 4.78 is 10.5. The van der Waals surface area contributed by atoms with E-state index in [-0.39, 0.29) is 6.61 Å². The minimum absolute atomic E-state index is 0.200. The van der Waals surface area contributed by atoms with Crippen LogP contribution in [0.1, 0.15) is 39.2 Å². The number of nitrogens with zero attached hydrogens (tertiary/aromatic N) is 1. The molecule has 1 aromatic rings. The lowest BCUT2D eigenvalue weighted by Crippen LogP contribution is -2.58. The van der Waals surface area contributed by atoms with Crippen molar-refractivity contribution in [2.24, 2.45) is 0 Å². The molecular formula is C19H26N2O5. The van der Waals surface area contributed by atoms with Crippen LogP contribution in [0.25, 0.3) is 0 Å². The van der Waals surface area contributed by atoms with Crippen LogP contribution in [0.5, 0.6) is 0 Å². The number of carbonyl (C=O) groups is 3. The number of piperidine rings is 1. The highest BCUT2D eigenvalue weighted by atomic mass is 16.6. The van der Waals surface area contributed by atoms with Crippen molar-refractivity contribution in [3.63, 3.8) is 0 Å². The lowest BCUT2D eigenvalue weighted by molar-refractivity contribution is -0.115. The Labute approximate surface area is 153 Å². The standard InChI is InChI=1S/C19H26N2O5/c1-18(2,3)26-16(23)20-19(14-22)9-11-21(12-10-19)17(24)25-13-15-7-5-4-6-8-15/h4-8,14H,9-13H2,1-3H3,(H,20,23). The van der Waals surface area contributed by atoms with E-state index < -0.39 is 23.3 Å². The highest BCUT2D eigenvalue weighted by molar-refractivity contribution is 5.77. The van der Waals surface area contributed by atoms with Gasteiger partial charge in [0.2, 0.25) is 0 Å². The number of aldehydes is 1. The zero-order valence-corrected chi connectivity index (χ0v) is 15.5. The van der Waals surface area contributed by atoms with Crippen molar-refractivity contribution in [2.45, 2.75) is 51.4 Å². The van der Waals surface area contributed by atoms with Gasteiger partial charge in [0.05, 0.1) is 0 Å². The average molecular weight is 362 g/mol. The van der Waals surface area contributed by atoms with E-state index in [4.69, 9.17) is 9.47 Å². The second-order valence-electron chi connectivity index (χ2n) is 7.43. The van der Waals surface area contributed by atoms with Gasteiger partial charge in [-0.15, -0.1) is 0 Å². The second-order valence-corrected chi connectivity index (χ2v) is 7.43. The quantitative estimate of drug-likeness (QED) is 0.833. The van der Waals surface area contributed by atoms with Gasteiger partial charge >= 0.3 is 12.2 Å². The summed E-state index contributed by atoms with van der Waals surface area (Å²) in [5.74, 6) is 0. The summed E-state index contributed by atoms with van der Waals surface area (Å²) in [6.07, 6.45) is 0.297. The van der Waals surface area contributed by atoms with Gasteiger partial charge in [-0.05, 0) is 39.2 Å². The molecule has 1 fully saturated rings. The maximum absolute atomic E-state index is 12.2. The zero-order chi connectivity index (χ0) is 19.2. The van der Waals surface area contributed by atoms with Gasteiger partial charge in [0.1, 0.15) is 24.0 Å². The average Bonchev–Trinajstić information content (AvgIpc) is 2.59. The fourth-order valence-electron chi connectivity index (χ4n) is 2.68. The SMILES string of the molecule is CC(C)(C)OC(=O)NC1(C=O)CCN(C(=O)OCc2ccccc2)CC1. The monoisotopic (exact) mass is 362 g/mol. The van der Waals surface area contributed by atoms with Gasteiger partial charge in [0, 0.05) is 13.1 Å². The third-order valence-corrected chi connectivity index (χ3v) is 4.09. The van der Waals surface area contributed by atoms with Gasteiger partial charge in [-0.25, -0.2) is 9.59 Å². The van der Waals surface area contributed by atoms with E-state index in [2.05, 4.69) is 5.32 Å². The first kappa shape index (κ1) is 19.8.